The van der Waals surface area contributed by atoms with E-state index in [1.54, 1.807) is 6.92 Å². The zero-order valence-electron chi connectivity index (χ0n) is 13.9. The summed E-state index contributed by atoms with van der Waals surface area (Å²) in [5.74, 6) is 0.0563. The monoisotopic (exact) mass is 323 g/mol. The maximum Gasteiger partial charge on any atom is 0.160 e. The van der Waals surface area contributed by atoms with Crippen LogP contribution in [0.4, 0.5) is 0 Å². The summed E-state index contributed by atoms with van der Waals surface area (Å²) >= 11 is 0. The molecule has 2 nitrogen and oxygen atoms in total. The lowest BCUT2D eigenvalue weighted by Crippen LogP contribution is -1.97. The first-order valence-corrected chi connectivity index (χ1v) is 8.29. The van der Waals surface area contributed by atoms with E-state index in [-0.39, 0.29) is 5.78 Å². The Morgan fingerprint density at radius 3 is 2.04 bits per heavy atom. The van der Waals surface area contributed by atoms with E-state index < -0.39 is 0 Å². The lowest BCUT2D eigenvalue weighted by atomic mass is 9.99. The van der Waals surface area contributed by atoms with Gasteiger partial charge in [0.05, 0.1) is 11.2 Å². The summed E-state index contributed by atoms with van der Waals surface area (Å²) in [4.78, 5) is 16.8. The number of pyridine rings is 1. The molecule has 0 N–H and O–H groups in total. The molecule has 0 unspecified atom stereocenters. The topological polar surface area (TPSA) is 30.0 Å². The van der Waals surface area contributed by atoms with Crippen LogP contribution in [-0.4, -0.2) is 10.8 Å². The van der Waals surface area contributed by atoms with Gasteiger partial charge in [0, 0.05) is 16.5 Å². The molecule has 0 radical (unpaired) electrons. The van der Waals surface area contributed by atoms with Gasteiger partial charge in [0.1, 0.15) is 0 Å². The molecule has 0 aliphatic rings. The maximum atomic E-state index is 12.1. The van der Waals surface area contributed by atoms with Gasteiger partial charge in [-0.25, -0.2) is 4.98 Å². The SMILES string of the molecule is CC(=O)c1cc(-c2ccc(-c3ccccc3)cc2)nc2ccccc12. The Balaban J connectivity index is 1.81. The van der Waals surface area contributed by atoms with Crippen molar-refractivity contribution in [2.45, 2.75) is 6.92 Å². The van der Waals surface area contributed by atoms with Gasteiger partial charge < -0.3 is 0 Å². The van der Waals surface area contributed by atoms with Crippen molar-refractivity contribution >= 4 is 16.7 Å². The summed E-state index contributed by atoms with van der Waals surface area (Å²) in [6.07, 6.45) is 0. The third kappa shape index (κ3) is 2.94. The molecular formula is C23H17NO. The van der Waals surface area contributed by atoms with E-state index in [0.29, 0.717) is 5.56 Å². The number of fused-ring (bicyclic) bond motifs is 1. The van der Waals surface area contributed by atoms with Gasteiger partial charge in [0.2, 0.25) is 0 Å². The fraction of sp³-hybridized carbons (Fsp3) is 0.0435. The molecule has 0 saturated carbocycles. The Hall–Kier alpha value is -3.26. The van der Waals surface area contributed by atoms with Gasteiger partial charge in [-0.1, -0.05) is 72.8 Å². The van der Waals surface area contributed by atoms with Crippen LogP contribution in [0.25, 0.3) is 33.3 Å². The van der Waals surface area contributed by atoms with Crippen LogP contribution in [0.3, 0.4) is 0 Å². The van der Waals surface area contributed by atoms with Gasteiger partial charge in [-0.2, -0.15) is 0 Å². The van der Waals surface area contributed by atoms with Crippen molar-refractivity contribution < 1.29 is 4.79 Å². The van der Waals surface area contributed by atoms with E-state index in [1.807, 2.05) is 48.5 Å². The minimum Gasteiger partial charge on any atom is -0.294 e. The third-order valence-corrected chi connectivity index (χ3v) is 4.38. The van der Waals surface area contributed by atoms with E-state index in [1.165, 1.54) is 5.56 Å². The van der Waals surface area contributed by atoms with Crippen molar-refractivity contribution in [3.05, 3.63) is 90.5 Å². The number of carbonyl (C=O) groups is 1. The molecule has 0 aliphatic carbocycles. The van der Waals surface area contributed by atoms with Crippen LogP contribution >= 0.6 is 0 Å². The van der Waals surface area contributed by atoms with Crippen molar-refractivity contribution in [1.29, 1.82) is 0 Å². The molecule has 120 valence electrons. The smallest absolute Gasteiger partial charge is 0.160 e. The second kappa shape index (κ2) is 6.33. The summed E-state index contributed by atoms with van der Waals surface area (Å²) in [6, 6.07) is 28.2. The van der Waals surface area contributed by atoms with Gasteiger partial charge in [-0.3, -0.25) is 4.79 Å². The highest BCUT2D eigenvalue weighted by atomic mass is 16.1. The molecule has 0 amide bonds. The first kappa shape index (κ1) is 15.3. The molecule has 1 aromatic heterocycles. The molecule has 0 bridgehead atoms. The summed E-state index contributed by atoms with van der Waals surface area (Å²) in [5, 5.41) is 0.902. The van der Waals surface area contributed by atoms with Crippen LogP contribution in [0.2, 0.25) is 0 Å². The van der Waals surface area contributed by atoms with Gasteiger partial charge in [-0.05, 0) is 30.2 Å². The van der Waals surface area contributed by atoms with Crippen LogP contribution in [0, 0.1) is 0 Å². The Morgan fingerprint density at radius 1 is 0.720 bits per heavy atom. The predicted molar refractivity (Wildman–Crippen MR) is 103 cm³/mol. The van der Waals surface area contributed by atoms with Crippen LogP contribution in [0.15, 0.2) is 84.9 Å². The van der Waals surface area contributed by atoms with Crippen molar-refractivity contribution in [1.82, 2.24) is 4.98 Å². The first-order valence-electron chi connectivity index (χ1n) is 8.29. The molecule has 0 saturated heterocycles. The molecule has 3 aromatic carbocycles. The number of carbonyl (C=O) groups excluding carboxylic acids is 1. The van der Waals surface area contributed by atoms with Gasteiger partial charge >= 0.3 is 0 Å². The number of para-hydroxylation sites is 1. The van der Waals surface area contributed by atoms with Gasteiger partial charge in [0.25, 0.3) is 0 Å². The van der Waals surface area contributed by atoms with E-state index in [0.717, 1.165) is 27.7 Å². The average molecular weight is 323 g/mol. The molecule has 0 atom stereocenters. The number of hydrogen-bond donors (Lipinski definition) is 0. The third-order valence-electron chi connectivity index (χ3n) is 4.38. The summed E-state index contributed by atoms with van der Waals surface area (Å²) in [5.41, 5.74) is 5.74. The Labute approximate surface area is 146 Å². The lowest BCUT2D eigenvalue weighted by Gasteiger charge is -2.09. The van der Waals surface area contributed by atoms with Gasteiger partial charge in [0.15, 0.2) is 5.78 Å². The molecule has 4 aromatic rings. The fourth-order valence-corrected chi connectivity index (χ4v) is 3.08. The molecular weight excluding hydrogens is 306 g/mol. The molecule has 0 spiro atoms. The average Bonchev–Trinajstić information content (AvgIpc) is 2.68. The highest BCUT2D eigenvalue weighted by Crippen LogP contribution is 2.27. The molecule has 25 heavy (non-hydrogen) atoms. The van der Waals surface area contributed by atoms with Crippen LogP contribution in [0.5, 0.6) is 0 Å². The molecule has 0 fully saturated rings. The van der Waals surface area contributed by atoms with Crippen LogP contribution in [0.1, 0.15) is 17.3 Å². The Morgan fingerprint density at radius 2 is 1.32 bits per heavy atom. The zero-order chi connectivity index (χ0) is 17.2. The predicted octanol–water partition coefficient (Wildman–Crippen LogP) is 5.77. The second-order valence-corrected chi connectivity index (χ2v) is 6.07. The zero-order valence-corrected chi connectivity index (χ0v) is 13.9. The highest BCUT2D eigenvalue weighted by Gasteiger charge is 2.10. The number of benzene rings is 3. The van der Waals surface area contributed by atoms with E-state index in [4.69, 9.17) is 4.98 Å². The quantitative estimate of drug-likeness (QED) is 0.448. The largest absolute Gasteiger partial charge is 0.294 e. The second-order valence-electron chi connectivity index (χ2n) is 6.07. The van der Waals surface area contributed by atoms with Crippen molar-refractivity contribution in [3.8, 4) is 22.4 Å². The van der Waals surface area contributed by atoms with E-state index in [2.05, 4.69) is 36.4 Å². The Kier molecular flexibility index (Phi) is 3.87. The molecule has 1 heterocycles. The number of rotatable bonds is 3. The lowest BCUT2D eigenvalue weighted by molar-refractivity contribution is 0.101. The highest BCUT2D eigenvalue weighted by molar-refractivity contribution is 6.07. The van der Waals surface area contributed by atoms with Crippen molar-refractivity contribution in [2.75, 3.05) is 0 Å². The summed E-state index contributed by atoms with van der Waals surface area (Å²) in [7, 11) is 0. The number of nitrogens with zero attached hydrogens (tertiary/aromatic N) is 1. The van der Waals surface area contributed by atoms with E-state index in [9.17, 15) is 4.79 Å². The van der Waals surface area contributed by atoms with Crippen LogP contribution < -0.4 is 0 Å². The van der Waals surface area contributed by atoms with Crippen LogP contribution in [-0.2, 0) is 0 Å². The van der Waals surface area contributed by atoms with Crippen molar-refractivity contribution in [3.63, 3.8) is 0 Å². The standard InChI is InChI=1S/C23H17NO/c1-16(25)21-15-23(24-22-10-6-5-9-20(21)22)19-13-11-18(12-14-19)17-7-3-2-4-8-17/h2-15H,1H3. The number of Topliss-reactive ketones (excluding diaryl/α,β-unsaturated/α-hetero) is 1. The van der Waals surface area contributed by atoms with Gasteiger partial charge in [-0.15, -0.1) is 0 Å². The fourth-order valence-electron chi connectivity index (χ4n) is 3.08. The van der Waals surface area contributed by atoms with Crippen molar-refractivity contribution in [2.24, 2.45) is 0 Å². The molecule has 0 aliphatic heterocycles. The van der Waals surface area contributed by atoms with E-state index >= 15 is 0 Å². The number of ketones is 1. The summed E-state index contributed by atoms with van der Waals surface area (Å²) in [6.45, 7) is 1.60. The number of hydrogen-bond acceptors (Lipinski definition) is 2. The number of aromatic nitrogens is 1. The minimum atomic E-state index is 0.0563. The molecule has 4 rings (SSSR count). The first-order chi connectivity index (χ1) is 12.2. The normalized spacial score (nSPS) is 10.8. The maximum absolute atomic E-state index is 12.1. The Bertz CT molecular complexity index is 1050. The summed E-state index contributed by atoms with van der Waals surface area (Å²) < 4.78 is 0. The minimum absolute atomic E-state index is 0.0563. The molecule has 2 heteroatoms.